The molecule has 140 valence electrons. The van der Waals surface area contributed by atoms with Gasteiger partial charge in [-0.2, -0.15) is 0 Å². The van der Waals surface area contributed by atoms with Crippen molar-refractivity contribution in [2.24, 2.45) is 4.99 Å². The predicted molar refractivity (Wildman–Crippen MR) is 106 cm³/mol. The second-order valence-corrected chi connectivity index (χ2v) is 7.30. The molecule has 0 amide bonds. The van der Waals surface area contributed by atoms with Gasteiger partial charge >= 0.3 is 0 Å². The third-order valence-corrected chi connectivity index (χ3v) is 5.47. The molecule has 1 unspecified atom stereocenters. The van der Waals surface area contributed by atoms with Gasteiger partial charge in [-0.3, -0.25) is 9.89 Å². The van der Waals surface area contributed by atoms with E-state index in [0.717, 1.165) is 24.8 Å². The quantitative estimate of drug-likeness (QED) is 0.592. The van der Waals surface area contributed by atoms with Crippen molar-refractivity contribution in [2.75, 3.05) is 34.2 Å². The Labute approximate surface area is 156 Å². The minimum atomic E-state index is 0.162. The first kappa shape index (κ1) is 18.5. The molecule has 0 bridgehead atoms. The summed E-state index contributed by atoms with van der Waals surface area (Å²) in [5, 5.41) is 6.99. The van der Waals surface area contributed by atoms with Crippen molar-refractivity contribution in [1.82, 2.24) is 15.5 Å². The van der Waals surface area contributed by atoms with Gasteiger partial charge < -0.3 is 15.1 Å². The summed E-state index contributed by atoms with van der Waals surface area (Å²) in [4.78, 5) is 6.55. The highest BCUT2D eigenvalue weighted by Crippen LogP contribution is 2.43. The summed E-state index contributed by atoms with van der Waals surface area (Å²) in [5.74, 6) is 1.79. The normalized spacial score (nSPS) is 17.6. The summed E-state index contributed by atoms with van der Waals surface area (Å²) >= 11 is 0. The Bertz CT molecular complexity index is 690. The van der Waals surface area contributed by atoms with E-state index in [9.17, 15) is 0 Å². The monoisotopic (exact) mass is 354 g/mol. The zero-order valence-electron chi connectivity index (χ0n) is 16.0. The van der Waals surface area contributed by atoms with E-state index in [1.54, 1.807) is 6.26 Å². The van der Waals surface area contributed by atoms with Gasteiger partial charge in [-0.15, -0.1) is 0 Å². The van der Waals surface area contributed by atoms with Crippen LogP contribution in [0.2, 0.25) is 0 Å². The Morgan fingerprint density at radius 1 is 1.15 bits per heavy atom. The maximum atomic E-state index is 5.58. The van der Waals surface area contributed by atoms with Crippen molar-refractivity contribution in [3.8, 4) is 0 Å². The molecule has 1 aliphatic rings. The molecule has 5 heteroatoms. The van der Waals surface area contributed by atoms with Gasteiger partial charge in [0.1, 0.15) is 5.76 Å². The van der Waals surface area contributed by atoms with Gasteiger partial charge in [-0.05, 0) is 44.6 Å². The largest absolute Gasteiger partial charge is 0.468 e. The lowest BCUT2D eigenvalue weighted by Gasteiger charge is -2.43. The van der Waals surface area contributed by atoms with Crippen molar-refractivity contribution in [1.29, 1.82) is 0 Å². The van der Waals surface area contributed by atoms with Crippen LogP contribution in [0.25, 0.3) is 0 Å². The molecule has 0 radical (unpaired) electrons. The third-order valence-electron chi connectivity index (χ3n) is 5.47. The van der Waals surface area contributed by atoms with Crippen molar-refractivity contribution in [3.05, 3.63) is 60.1 Å². The number of hydrogen-bond donors (Lipinski definition) is 2. The van der Waals surface area contributed by atoms with Gasteiger partial charge in [0, 0.05) is 25.6 Å². The number of likely N-dealkylation sites (N-methyl/N-ethyl adjacent to an activating group) is 1. The Kier molecular flexibility index (Phi) is 5.99. The maximum absolute atomic E-state index is 5.58. The number of benzene rings is 1. The first-order chi connectivity index (χ1) is 12.6. The standard InChI is InChI=1S/C21H30N4O/c1-22-20(23-15-18(25(2)3)19-11-7-14-26-19)24-16-21(12-8-13-21)17-9-5-4-6-10-17/h4-7,9-11,14,18H,8,12-13,15-16H2,1-3H3,(H2,22,23,24). The second kappa shape index (κ2) is 8.41. The number of furan rings is 1. The summed E-state index contributed by atoms with van der Waals surface area (Å²) in [5.41, 5.74) is 1.66. The van der Waals surface area contributed by atoms with Crippen LogP contribution in [-0.2, 0) is 5.41 Å². The fraction of sp³-hybridized carbons (Fsp3) is 0.476. The maximum Gasteiger partial charge on any atom is 0.191 e. The first-order valence-corrected chi connectivity index (χ1v) is 9.34. The second-order valence-electron chi connectivity index (χ2n) is 7.30. The molecule has 1 saturated carbocycles. The number of hydrogen-bond acceptors (Lipinski definition) is 3. The SMILES string of the molecule is CN=C(NCC(c1ccco1)N(C)C)NCC1(c2ccccc2)CCC1. The topological polar surface area (TPSA) is 52.8 Å². The Hall–Kier alpha value is -2.27. The molecule has 1 aromatic carbocycles. The molecule has 1 aromatic heterocycles. The van der Waals surface area contributed by atoms with Crippen molar-refractivity contribution in [2.45, 2.75) is 30.7 Å². The summed E-state index contributed by atoms with van der Waals surface area (Å²) in [7, 11) is 5.94. The Balaban J connectivity index is 1.58. The van der Waals surface area contributed by atoms with Crippen molar-refractivity contribution < 1.29 is 4.42 Å². The number of nitrogens with one attached hydrogen (secondary N) is 2. The molecule has 1 heterocycles. The van der Waals surface area contributed by atoms with Gasteiger partial charge in [0.15, 0.2) is 5.96 Å². The Morgan fingerprint density at radius 3 is 2.46 bits per heavy atom. The van der Waals surface area contributed by atoms with Crippen molar-refractivity contribution in [3.63, 3.8) is 0 Å². The van der Waals surface area contributed by atoms with E-state index in [-0.39, 0.29) is 11.5 Å². The van der Waals surface area contributed by atoms with E-state index in [2.05, 4.69) is 65.0 Å². The molecule has 0 spiro atoms. The van der Waals surface area contributed by atoms with Gasteiger partial charge in [-0.1, -0.05) is 36.8 Å². The molecule has 0 aliphatic heterocycles. The highest BCUT2D eigenvalue weighted by molar-refractivity contribution is 5.79. The van der Waals surface area contributed by atoms with Crippen LogP contribution in [0.15, 0.2) is 58.1 Å². The molecule has 2 aromatic rings. The van der Waals surface area contributed by atoms with E-state index in [0.29, 0.717) is 0 Å². The van der Waals surface area contributed by atoms with E-state index < -0.39 is 0 Å². The fourth-order valence-corrected chi connectivity index (χ4v) is 3.65. The first-order valence-electron chi connectivity index (χ1n) is 9.34. The van der Waals surface area contributed by atoms with E-state index in [1.165, 1.54) is 24.8 Å². The molecule has 1 atom stereocenters. The van der Waals surface area contributed by atoms with Gasteiger partial charge in [0.25, 0.3) is 0 Å². The van der Waals surface area contributed by atoms with Crippen LogP contribution in [0, 0.1) is 0 Å². The molecule has 26 heavy (non-hydrogen) atoms. The zero-order valence-corrected chi connectivity index (χ0v) is 16.0. The molecule has 1 fully saturated rings. The minimum absolute atomic E-state index is 0.162. The summed E-state index contributed by atoms with van der Waals surface area (Å²) in [6.45, 7) is 1.64. The van der Waals surface area contributed by atoms with E-state index in [4.69, 9.17) is 4.42 Å². The number of rotatable bonds is 7. The van der Waals surface area contributed by atoms with Crippen LogP contribution in [0.5, 0.6) is 0 Å². The Morgan fingerprint density at radius 2 is 1.92 bits per heavy atom. The highest BCUT2D eigenvalue weighted by Gasteiger charge is 2.38. The smallest absolute Gasteiger partial charge is 0.191 e. The zero-order chi connectivity index (χ0) is 18.4. The van der Waals surface area contributed by atoms with Crippen LogP contribution in [0.4, 0.5) is 0 Å². The third kappa shape index (κ3) is 4.10. The molecule has 1 aliphatic carbocycles. The lowest BCUT2D eigenvalue weighted by molar-refractivity contribution is 0.242. The van der Waals surface area contributed by atoms with E-state index >= 15 is 0 Å². The molecule has 3 rings (SSSR count). The van der Waals surface area contributed by atoms with Gasteiger partial charge in [-0.25, -0.2) is 0 Å². The van der Waals surface area contributed by atoms with Crippen LogP contribution in [-0.4, -0.2) is 45.1 Å². The van der Waals surface area contributed by atoms with Crippen LogP contribution in [0.1, 0.15) is 36.6 Å². The van der Waals surface area contributed by atoms with Gasteiger partial charge in [0.05, 0.1) is 12.3 Å². The van der Waals surface area contributed by atoms with Gasteiger partial charge in [0.2, 0.25) is 0 Å². The van der Waals surface area contributed by atoms with Crippen molar-refractivity contribution >= 4 is 5.96 Å². The average molecular weight is 354 g/mol. The summed E-state index contributed by atoms with van der Waals surface area (Å²) in [6.07, 6.45) is 5.48. The lowest BCUT2D eigenvalue weighted by atomic mass is 9.64. The molecular weight excluding hydrogens is 324 g/mol. The average Bonchev–Trinajstić information content (AvgIpc) is 3.14. The molecule has 2 N–H and O–H groups in total. The fourth-order valence-electron chi connectivity index (χ4n) is 3.65. The van der Waals surface area contributed by atoms with E-state index in [1.807, 2.05) is 19.2 Å². The highest BCUT2D eigenvalue weighted by atomic mass is 16.3. The predicted octanol–water partition coefficient (Wildman–Crippen LogP) is 3.17. The summed E-state index contributed by atoms with van der Waals surface area (Å²) < 4.78 is 5.58. The van der Waals surface area contributed by atoms with Crippen LogP contribution in [0.3, 0.4) is 0 Å². The lowest BCUT2D eigenvalue weighted by Crippen LogP contribution is -2.49. The van der Waals surface area contributed by atoms with Crippen LogP contribution < -0.4 is 10.6 Å². The van der Waals surface area contributed by atoms with Crippen LogP contribution >= 0.6 is 0 Å². The summed E-state index contributed by atoms with van der Waals surface area (Å²) in [6, 6.07) is 14.9. The molecule has 5 nitrogen and oxygen atoms in total. The molecule has 0 saturated heterocycles. The number of nitrogens with zero attached hydrogens (tertiary/aromatic N) is 2. The number of aliphatic imine (C=N–C) groups is 1. The minimum Gasteiger partial charge on any atom is -0.468 e. The number of guanidine groups is 1. The molecular formula is C21H30N4O.